The predicted octanol–water partition coefficient (Wildman–Crippen LogP) is 3.39. The van der Waals surface area contributed by atoms with Crippen LogP contribution in [0.15, 0.2) is 18.2 Å². The van der Waals surface area contributed by atoms with Crippen molar-refractivity contribution in [1.29, 1.82) is 0 Å². The zero-order valence-electron chi connectivity index (χ0n) is 11.5. The standard InChI is InChI=1S/C16H24N2/c1-11-7-6-9-13-15(17)12-8-4-3-5-10-14(12)18(2)16(11)13/h6-7,9,12,14-15H,3-5,8,10,17H2,1-2H3. The summed E-state index contributed by atoms with van der Waals surface area (Å²) in [7, 11) is 2.26. The molecule has 3 unspecified atom stereocenters. The summed E-state index contributed by atoms with van der Waals surface area (Å²) in [6, 6.07) is 7.47. The molecule has 1 aliphatic heterocycles. The van der Waals surface area contributed by atoms with E-state index in [9.17, 15) is 0 Å². The molecule has 0 radical (unpaired) electrons. The molecule has 1 heterocycles. The molecule has 0 aromatic heterocycles. The molecule has 1 aromatic rings. The molecule has 2 nitrogen and oxygen atoms in total. The topological polar surface area (TPSA) is 29.3 Å². The number of rotatable bonds is 0. The van der Waals surface area contributed by atoms with Gasteiger partial charge in [0.15, 0.2) is 0 Å². The maximum atomic E-state index is 6.57. The third kappa shape index (κ3) is 1.74. The van der Waals surface area contributed by atoms with Gasteiger partial charge in [-0.15, -0.1) is 0 Å². The smallest absolute Gasteiger partial charge is 0.0444 e. The van der Waals surface area contributed by atoms with Crippen molar-refractivity contribution < 1.29 is 0 Å². The number of aryl methyl sites for hydroxylation is 1. The molecule has 18 heavy (non-hydrogen) atoms. The zero-order chi connectivity index (χ0) is 12.7. The molecule has 3 rings (SSSR count). The zero-order valence-corrected chi connectivity index (χ0v) is 11.5. The summed E-state index contributed by atoms with van der Waals surface area (Å²) in [5.41, 5.74) is 10.7. The Morgan fingerprint density at radius 2 is 1.94 bits per heavy atom. The lowest BCUT2D eigenvalue weighted by molar-refractivity contribution is 0.310. The van der Waals surface area contributed by atoms with E-state index in [1.165, 1.54) is 48.9 Å². The molecule has 0 saturated heterocycles. The van der Waals surface area contributed by atoms with Gasteiger partial charge in [-0.1, -0.05) is 37.5 Å². The van der Waals surface area contributed by atoms with Gasteiger partial charge in [-0.3, -0.25) is 0 Å². The number of anilines is 1. The molecular weight excluding hydrogens is 220 g/mol. The van der Waals surface area contributed by atoms with E-state index >= 15 is 0 Å². The lowest BCUT2D eigenvalue weighted by atomic mass is 9.78. The number of para-hydroxylation sites is 1. The van der Waals surface area contributed by atoms with Crippen LogP contribution in [0, 0.1) is 12.8 Å². The van der Waals surface area contributed by atoms with Crippen molar-refractivity contribution in [2.75, 3.05) is 11.9 Å². The van der Waals surface area contributed by atoms with Crippen LogP contribution >= 0.6 is 0 Å². The van der Waals surface area contributed by atoms with Gasteiger partial charge in [0.05, 0.1) is 0 Å². The van der Waals surface area contributed by atoms with Gasteiger partial charge in [0, 0.05) is 24.8 Å². The Labute approximate surface area is 110 Å². The summed E-state index contributed by atoms with van der Waals surface area (Å²) < 4.78 is 0. The average Bonchev–Trinajstić information content (AvgIpc) is 2.61. The van der Waals surface area contributed by atoms with E-state index in [0.717, 1.165) is 0 Å². The number of hydrogen-bond acceptors (Lipinski definition) is 2. The van der Waals surface area contributed by atoms with E-state index in [0.29, 0.717) is 12.0 Å². The van der Waals surface area contributed by atoms with Gasteiger partial charge in [0.2, 0.25) is 0 Å². The molecule has 1 saturated carbocycles. The first-order chi connectivity index (χ1) is 8.70. The summed E-state index contributed by atoms with van der Waals surface area (Å²) in [6.45, 7) is 2.21. The summed E-state index contributed by atoms with van der Waals surface area (Å²) in [5, 5.41) is 0. The first kappa shape index (κ1) is 12.0. The molecule has 1 aliphatic carbocycles. The van der Waals surface area contributed by atoms with Crippen molar-refractivity contribution in [1.82, 2.24) is 0 Å². The van der Waals surface area contributed by atoms with Gasteiger partial charge in [-0.05, 0) is 36.8 Å². The lowest BCUT2D eigenvalue weighted by Gasteiger charge is -2.45. The predicted molar refractivity (Wildman–Crippen MR) is 76.9 cm³/mol. The summed E-state index contributed by atoms with van der Waals surface area (Å²) in [6.07, 6.45) is 6.69. The highest BCUT2D eigenvalue weighted by Gasteiger charge is 2.38. The second-order valence-electron chi connectivity index (χ2n) is 6.02. The Kier molecular flexibility index (Phi) is 3.06. The van der Waals surface area contributed by atoms with Crippen molar-refractivity contribution in [2.45, 2.75) is 51.1 Å². The molecule has 0 amide bonds. The van der Waals surface area contributed by atoms with E-state index in [-0.39, 0.29) is 6.04 Å². The third-order valence-electron chi connectivity index (χ3n) is 4.97. The van der Waals surface area contributed by atoms with Crippen molar-refractivity contribution in [3.05, 3.63) is 29.3 Å². The highest BCUT2D eigenvalue weighted by atomic mass is 15.2. The molecule has 2 N–H and O–H groups in total. The van der Waals surface area contributed by atoms with Crippen LogP contribution in [0.3, 0.4) is 0 Å². The minimum Gasteiger partial charge on any atom is -0.371 e. The summed E-state index contributed by atoms with van der Waals surface area (Å²) in [4.78, 5) is 2.52. The van der Waals surface area contributed by atoms with E-state index in [2.05, 4.69) is 37.1 Å². The Balaban J connectivity index is 2.07. The lowest BCUT2D eigenvalue weighted by Crippen LogP contribution is -2.47. The van der Waals surface area contributed by atoms with Gasteiger partial charge >= 0.3 is 0 Å². The van der Waals surface area contributed by atoms with Gasteiger partial charge in [0.25, 0.3) is 0 Å². The normalized spacial score (nSPS) is 31.5. The second kappa shape index (κ2) is 4.58. The fraction of sp³-hybridized carbons (Fsp3) is 0.625. The maximum Gasteiger partial charge on any atom is 0.0444 e. The van der Waals surface area contributed by atoms with Crippen LogP contribution in [0.4, 0.5) is 5.69 Å². The summed E-state index contributed by atoms with van der Waals surface area (Å²) >= 11 is 0. The third-order valence-corrected chi connectivity index (χ3v) is 4.97. The van der Waals surface area contributed by atoms with Gasteiger partial charge in [-0.2, -0.15) is 0 Å². The number of benzene rings is 1. The van der Waals surface area contributed by atoms with E-state index in [1.54, 1.807) is 0 Å². The molecule has 0 spiro atoms. The Hall–Kier alpha value is -1.02. The SMILES string of the molecule is Cc1cccc2c1N(C)C1CCCCCC1C2N. The van der Waals surface area contributed by atoms with Gasteiger partial charge < -0.3 is 10.6 Å². The van der Waals surface area contributed by atoms with E-state index in [1.807, 2.05) is 0 Å². The van der Waals surface area contributed by atoms with Crippen molar-refractivity contribution in [3.8, 4) is 0 Å². The minimum absolute atomic E-state index is 0.235. The van der Waals surface area contributed by atoms with Crippen LogP contribution in [-0.4, -0.2) is 13.1 Å². The molecule has 98 valence electrons. The van der Waals surface area contributed by atoms with Gasteiger partial charge in [-0.25, -0.2) is 0 Å². The molecule has 2 heteroatoms. The van der Waals surface area contributed by atoms with Crippen LogP contribution in [0.5, 0.6) is 0 Å². The molecule has 1 fully saturated rings. The quantitative estimate of drug-likeness (QED) is 0.758. The molecule has 2 aliphatic rings. The maximum absolute atomic E-state index is 6.57. The highest BCUT2D eigenvalue weighted by molar-refractivity contribution is 5.63. The Morgan fingerprint density at radius 1 is 1.17 bits per heavy atom. The first-order valence-corrected chi connectivity index (χ1v) is 7.28. The number of hydrogen-bond donors (Lipinski definition) is 1. The van der Waals surface area contributed by atoms with Crippen molar-refractivity contribution in [2.24, 2.45) is 11.7 Å². The van der Waals surface area contributed by atoms with E-state index in [4.69, 9.17) is 5.73 Å². The van der Waals surface area contributed by atoms with Crippen molar-refractivity contribution >= 4 is 5.69 Å². The van der Waals surface area contributed by atoms with Gasteiger partial charge in [0.1, 0.15) is 0 Å². The van der Waals surface area contributed by atoms with E-state index < -0.39 is 0 Å². The Morgan fingerprint density at radius 3 is 2.78 bits per heavy atom. The number of fused-ring (bicyclic) bond motifs is 2. The number of nitrogens with two attached hydrogens (primary N) is 1. The average molecular weight is 244 g/mol. The fourth-order valence-electron chi connectivity index (χ4n) is 4.05. The number of nitrogens with zero attached hydrogens (tertiary/aromatic N) is 1. The van der Waals surface area contributed by atoms with Crippen molar-refractivity contribution in [3.63, 3.8) is 0 Å². The van der Waals surface area contributed by atoms with Crippen LogP contribution in [0.1, 0.15) is 49.3 Å². The second-order valence-corrected chi connectivity index (χ2v) is 6.02. The van der Waals surface area contributed by atoms with Crippen LogP contribution in [0.25, 0.3) is 0 Å². The summed E-state index contributed by atoms with van der Waals surface area (Å²) in [5.74, 6) is 0.645. The largest absolute Gasteiger partial charge is 0.371 e. The molecule has 3 atom stereocenters. The Bertz CT molecular complexity index is 441. The minimum atomic E-state index is 0.235. The fourth-order valence-corrected chi connectivity index (χ4v) is 4.05. The van der Waals surface area contributed by atoms with Crippen LogP contribution < -0.4 is 10.6 Å². The van der Waals surface area contributed by atoms with Crippen LogP contribution in [-0.2, 0) is 0 Å². The first-order valence-electron chi connectivity index (χ1n) is 7.28. The molecule has 0 bridgehead atoms. The monoisotopic (exact) mass is 244 g/mol. The highest BCUT2D eigenvalue weighted by Crippen LogP contribution is 2.45. The van der Waals surface area contributed by atoms with Crippen LogP contribution in [0.2, 0.25) is 0 Å². The molecular formula is C16H24N2. The molecule has 1 aromatic carbocycles.